The van der Waals surface area contributed by atoms with Gasteiger partial charge in [-0.3, -0.25) is 0 Å². The first-order valence-electron chi connectivity index (χ1n) is 6.84. The molecule has 0 saturated heterocycles. The van der Waals surface area contributed by atoms with Gasteiger partial charge in [-0.25, -0.2) is 0 Å². The number of fused-ring (bicyclic) bond motifs is 1. The summed E-state index contributed by atoms with van der Waals surface area (Å²) in [4.78, 5) is 1.40. The Kier molecular flexibility index (Phi) is 3.68. The number of benzene rings is 1. The smallest absolute Gasteiger partial charge is 0.231 e. The van der Waals surface area contributed by atoms with Crippen molar-refractivity contribution in [2.45, 2.75) is 32.9 Å². The Balaban J connectivity index is 1.73. The molecule has 2 aromatic rings. The first-order chi connectivity index (χ1) is 9.65. The zero-order chi connectivity index (χ0) is 14.1. The minimum absolute atomic E-state index is 0.265. The molecule has 20 heavy (non-hydrogen) atoms. The highest BCUT2D eigenvalue weighted by atomic mass is 32.1. The lowest BCUT2D eigenvalue weighted by Gasteiger charge is -2.20. The number of ether oxygens (including phenoxy) is 2. The summed E-state index contributed by atoms with van der Waals surface area (Å²) < 4.78 is 10.8. The van der Waals surface area contributed by atoms with Gasteiger partial charge in [0.25, 0.3) is 0 Å². The molecule has 0 saturated carbocycles. The van der Waals surface area contributed by atoms with Crippen molar-refractivity contribution >= 4 is 11.3 Å². The van der Waals surface area contributed by atoms with Gasteiger partial charge in [-0.2, -0.15) is 0 Å². The zero-order valence-corrected chi connectivity index (χ0v) is 12.8. The van der Waals surface area contributed by atoms with Crippen LogP contribution in [0, 0.1) is 6.92 Å². The molecular formula is C16H19NO2S. The summed E-state index contributed by atoms with van der Waals surface area (Å²) in [5.74, 6) is 1.68. The summed E-state index contributed by atoms with van der Waals surface area (Å²) in [7, 11) is 0. The van der Waals surface area contributed by atoms with Crippen LogP contribution in [0.2, 0.25) is 0 Å². The average molecular weight is 289 g/mol. The van der Waals surface area contributed by atoms with Crippen LogP contribution in [0.3, 0.4) is 0 Å². The van der Waals surface area contributed by atoms with Crippen LogP contribution in [0.4, 0.5) is 0 Å². The monoisotopic (exact) mass is 289 g/mol. The van der Waals surface area contributed by atoms with Gasteiger partial charge in [-0.15, -0.1) is 11.3 Å². The Morgan fingerprint density at radius 1 is 1.10 bits per heavy atom. The number of nitrogens with one attached hydrogen (secondary N) is 1. The van der Waals surface area contributed by atoms with Crippen molar-refractivity contribution in [3.63, 3.8) is 0 Å². The zero-order valence-electron chi connectivity index (χ0n) is 12.0. The van der Waals surface area contributed by atoms with E-state index in [4.69, 9.17) is 9.47 Å². The van der Waals surface area contributed by atoms with Gasteiger partial charge in [0.05, 0.1) is 0 Å². The van der Waals surface area contributed by atoms with Crippen LogP contribution in [0.25, 0.3) is 0 Å². The molecule has 1 aromatic heterocycles. The van der Waals surface area contributed by atoms with Gasteiger partial charge < -0.3 is 14.8 Å². The molecule has 2 unspecified atom stereocenters. The largest absolute Gasteiger partial charge is 0.454 e. The first kappa shape index (κ1) is 13.5. The molecule has 2 heterocycles. The topological polar surface area (TPSA) is 30.5 Å². The predicted octanol–water partition coefficient (Wildman–Crippen LogP) is 4.20. The van der Waals surface area contributed by atoms with Gasteiger partial charge in [-0.1, -0.05) is 6.07 Å². The van der Waals surface area contributed by atoms with E-state index in [1.165, 1.54) is 16.0 Å². The molecule has 3 rings (SSSR count). The number of hydrogen-bond acceptors (Lipinski definition) is 4. The second kappa shape index (κ2) is 5.46. The molecule has 0 bridgehead atoms. The van der Waals surface area contributed by atoms with Crippen molar-refractivity contribution in [3.05, 3.63) is 45.6 Å². The number of aryl methyl sites for hydroxylation is 1. The van der Waals surface area contributed by atoms with Crippen molar-refractivity contribution < 1.29 is 9.47 Å². The molecule has 4 heteroatoms. The van der Waals surface area contributed by atoms with E-state index in [1.807, 2.05) is 17.4 Å². The minimum Gasteiger partial charge on any atom is -0.454 e. The average Bonchev–Trinajstić information content (AvgIpc) is 3.05. The Morgan fingerprint density at radius 3 is 2.65 bits per heavy atom. The third-order valence-electron chi connectivity index (χ3n) is 3.69. The van der Waals surface area contributed by atoms with Crippen molar-refractivity contribution in [2.24, 2.45) is 0 Å². The molecule has 0 amide bonds. The molecule has 106 valence electrons. The van der Waals surface area contributed by atoms with E-state index in [9.17, 15) is 0 Å². The molecule has 3 nitrogen and oxygen atoms in total. The number of rotatable bonds is 4. The highest BCUT2D eigenvalue weighted by Crippen LogP contribution is 2.35. The van der Waals surface area contributed by atoms with Gasteiger partial charge in [0, 0.05) is 17.0 Å². The van der Waals surface area contributed by atoms with Crippen LogP contribution in [0.5, 0.6) is 11.5 Å². The highest BCUT2D eigenvalue weighted by Gasteiger charge is 2.18. The van der Waals surface area contributed by atoms with E-state index < -0.39 is 0 Å². The second-order valence-corrected chi connectivity index (χ2v) is 6.14. The summed E-state index contributed by atoms with van der Waals surface area (Å²) in [5.41, 5.74) is 2.57. The molecule has 0 radical (unpaired) electrons. The molecule has 1 aliphatic heterocycles. The lowest BCUT2D eigenvalue weighted by Crippen LogP contribution is -2.22. The van der Waals surface area contributed by atoms with Crippen LogP contribution >= 0.6 is 11.3 Å². The van der Waals surface area contributed by atoms with Gasteiger partial charge in [-0.05, 0) is 55.5 Å². The van der Waals surface area contributed by atoms with Crippen LogP contribution < -0.4 is 14.8 Å². The van der Waals surface area contributed by atoms with Crippen LogP contribution in [0.15, 0.2) is 29.6 Å². The Labute approximate surface area is 123 Å². The lowest BCUT2D eigenvalue weighted by atomic mass is 10.1. The Hall–Kier alpha value is -1.52. The predicted molar refractivity (Wildman–Crippen MR) is 81.6 cm³/mol. The summed E-state index contributed by atoms with van der Waals surface area (Å²) in [6.45, 7) is 6.87. The van der Waals surface area contributed by atoms with Gasteiger partial charge in [0.15, 0.2) is 11.5 Å². The fraction of sp³-hybridized carbons (Fsp3) is 0.375. The normalized spacial score (nSPS) is 16.1. The third-order valence-corrected chi connectivity index (χ3v) is 4.89. The van der Waals surface area contributed by atoms with Gasteiger partial charge in [0.2, 0.25) is 6.79 Å². The quantitative estimate of drug-likeness (QED) is 0.915. The molecule has 1 aromatic carbocycles. The van der Waals surface area contributed by atoms with Crippen LogP contribution in [-0.4, -0.2) is 6.79 Å². The fourth-order valence-electron chi connectivity index (χ4n) is 2.56. The highest BCUT2D eigenvalue weighted by molar-refractivity contribution is 7.10. The maximum absolute atomic E-state index is 5.44. The van der Waals surface area contributed by atoms with Crippen molar-refractivity contribution in [3.8, 4) is 11.5 Å². The lowest BCUT2D eigenvalue weighted by molar-refractivity contribution is 0.174. The van der Waals surface area contributed by atoms with Crippen LogP contribution in [-0.2, 0) is 0 Å². The maximum atomic E-state index is 5.44. The standard InChI is InChI=1S/C16H19NO2S/c1-10-6-7-20-16(10)12(3)17-11(2)13-4-5-14-15(8-13)19-9-18-14/h4-8,11-12,17H,9H2,1-3H3. The summed E-state index contributed by atoms with van der Waals surface area (Å²) in [5, 5.41) is 5.79. The summed E-state index contributed by atoms with van der Waals surface area (Å²) in [6.07, 6.45) is 0. The van der Waals surface area contributed by atoms with E-state index in [0.29, 0.717) is 12.8 Å². The maximum Gasteiger partial charge on any atom is 0.231 e. The van der Waals surface area contributed by atoms with Crippen molar-refractivity contribution in [2.75, 3.05) is 6.79 Å². The van der Waals surface area contributed by atoms with E-state index >= 15 is 0 Å². The van der Waals surface area contributed by atoms with Gasteiger partial charge >= 0.3 is 0 Å². The molecule has 1 aliphatic rings. The van der Waals surface area contributed by atoms with Crippen LogP contribution in [0.1, 0.15) is 41.9 Å². The summed E-state index contributed by atoms with van der Waals surface area (Å²) >= 11 is 1.81. The van der Waals surface area contributed by atoms with Crippen molar-refractivity contribution in [1.82, 2.24) is 5.32 Å². The van der Waals surface area contributed by atoms with E-state index in [2.05, 4.69) is 49.7 Å². The second-order valence-electron chi connectivity index (χ2n) is 5.19. The Bertz CT molecular complexity index is 608. The fourth-order valence-corrected chi connectivity index (χ4v) is 3.50. The molecule has 0 fully saturated rings. The van der Waals surface area contributed by atoms with Crippen molar-refractivity contribution in [1.29, 1.82) is 0 Å². The molecule has 0 spiro atoms. The number of thiophene rings is 1. The first-order valence-corrected chi connectivity index (χ1v) is 7.72. The summed E-state index contributed by atoms with van der Waals surface area (Å²) in [6, 6.07) is 8.92. The SMILES string of the molecule is Cc1ccsc1C(C)NC(C)c1ccc2c(c1)OCO2. The van der Waals surface area contributed by atoms with E-state index in [0.717, 1.165) is 11.5 Å². The van der Waals surface area contributed by atoms with Gasteiger partial charge in [0.1, 0.15) is 0 Å². The minimum atomic E-state index is 0.265. The molecule has 0 aliphatic carbocycles. The molecule has 1 N–H and O–H groups in total. The van der Waals surface area contributed by atoms with E-state index in [1.54, 1.807) is 0 Å². The Morgan fingerprint density at radius 2 is 1.90 bits per heavy atom. The van der Waals surface area contributed by atoms with E-state index in [-0.39, 0.29) is 6.04 Å². The number of hydrogen-bond donors (Lipinski definition) is 1. The molecule has 2 atom stereocenters. The third kappa shape index (κ3) is 2.53. The molecular weight excluding hydrogens is 270 g/mol.